The van der Waals surface area contributed by atoms with E-state index in [1.165, 1.54) is 38.5 Å². The second-order valence-electron chi connectivity index (χ2n) is 4.78. The monoisotopic (exact) mass is 227 g/mol. The van der Waals surface area contributed by atoms with E-state index < -0.39 is 0 Å². The van der Waals surface area contributed by atoms with Crippen LogP contribution in [0.2, 0.25) is 0 Å². The molecular formula is C14H29NO. The number of nitrogens with one attached hydrogen (secondary N) is 1. The van der Waals surface area contributed by atoms with Crippen LogP contribution < -0.4 is 5.32 Å². The third kappa shape index (κ3) is 10.0. The zero-order valence-corrected chi connectivity index (χ0v) is 11.3. The van der Waals surface area contributed by atoms with Crippen molar-refractivity contribution >= 4 is 5.91 Å². The van der Waals surface area contributed by atoms with Crippen LogP contribution in [0.3, 0.4) is 0 Å². The molecule has 96 valence electrons. The third-order valence-corrected chi connectivity index (χ3v) is 2.91. The Labute approximate surface area is 101 Å². The maximum atomic E-state index is 11.5. The van der Waals surface area contributed by atoms with E-state index in [4.69, 9.17) is 0 Å². The lowest BCUT2D eigenvalue weighted by molar-refractivity contribution is -0.121. The number of carbonyl (C=O) groups excluding carboxylic acids is 1. The predicted molar refractivity (Wildman–Crippen MR) is 70.5 cm³/mol. The Bertz CT molecular complexity index is 168. The highest BCUT2D eigenvalue weighted by Gasteiger charge is 2.06. The third-order valence-electron chi connectivity index (χ3n) is 2.91. The van der Waals surface area contributed by atoms with E-state index in [1.807, 2.05) is 0 Å². The molecule has 1 amide bonds. The molecule has 0 saturated heterocycles. The highest BCUT2D eigenvalue weighted by Crippen LogP contribution is 2.05. The van der Waals surface area contributed by atoms with E-state index >= 15 is 0 Å². The average Bonchev–Trinajstić information content (AvgIpc) is 2.25. The Kier molecular flexibility index (Phi) is 10.6. The minimum atomic E-state index is 0.236. The first-order chi connectivity index (χ1) is 7.70. The number of rotatable bonds is 10. The van der Waals surface area contributed by atoms with Gasteiger partial charge in [0.15, 0.2) is 0 Å². The summed E-state index contributed by atoms with van der Waals surface area (Å²) in [6.45, 7) is 6.51. The standard InChI is InChI=1S/C14H29NO/c1-4-6-8-10-12-14(16)15-13(3)11-9-7-5-2/h13H,4-12H2,1-3H3,(H,15,16). The minimum absolute atomic E-state index is 0.236. The van der Waals surface area contributed by atoms with Gasteiger partial charge in [-0.1, -0.05) is 52.4 Å². The van der Waals surface area contributed by atoms with Crippen LogP contribution in [0.25, 0.3) is 0 Å². The van der Waals surface area contributed by atoms with Crippen LogP contribution in [0.5, 0.6) is 0 Å². The first kappa shape index (κ1) is 15.5. The van der Waals surface area contributed by atoms with Gasteiger partial charge < -0.3 is 5.32 Å². The highest BCUT2D eigenvalue weighted by molar-refractivity contribution is 5.76. The van der Waals surface area contributed by atoms with Crippen molar-refractivity contribution in [2.24, 2.45) is 0 Å². The van der Waals surface area contributed by atoms with Gasteiger partial charge in [-0.05, 0) is 19.8 Å². The van der Waals surface area contributed by atoms with Crippen molar-refractivity contribution in [1.82, 2.24) is 5.32 Å². The van der Waals surface area contributed by atoms with Gasteiger partial charge in [-0.2, -0.15) is 0 Å². The molecule has 0 aliphatic carbocycles. The molecule has 0 aliphatic heterocycles. The van der Waals surface area contributed by atoms with Crippen molar-refractivity contribution in [3.63, 3.8) is 0 Å². The van der Waals surface area contributed by atoms with E-state index in [2.05, 4.69) is 26.1 Å². The Hall–Kier alpha value is -0.530. The van der Waals surface area contributed by atoms with E-state index in [-0.39, 0.29) is 5.91 Å². The van der Waals surface area contributed by atoms with E-state index in [0.717, 1.165) is 12.8 Å². The molecule has 2 heteroatoms. The van der Waals surface area contributed by atoms with Gasteiger partial charge in [0.2, 0.25) is 5.91 Å². The summed E-state index contributed by atoms with van der Waals surface area (Å²) in [4.78, 5) is 11.5. The van der Waals surface area contributed by atoms with Crippen LogP contribution in [0.4, 0.5) is 0 Å². The predicted octanol–water partition coefficient (Wildman–Crippen LogP) is 4.04. The average molecular weight is 227 g/mol. The van der Waals surface area contributed by atoms with E-state index in [1.54, 1.807) is 0 Å². The molecule has 0 spiro atoms. The minimum Gasteiger partial charge on any atom is -0.354 e. The van der Waals surface area contributed by atoms with Crippen molar-refractivity contribution in [1.29, 1.82) is 0 Å². The van der Waals surface area contributed by atoms with Gasteiger partial charge in [-0.15, -0.1) is 0 Å². The molecule has 0 aromatic carbocycles. The summed E-state index contributed by atoms with van der Waals surface area (Å²) < 4.78 is 0. The van der Waals surface area contributed by atoms with Crippen LogP contribution in [0.1, 0.15) is 78.6 Å². The Morgan fingerprint density at radius 2 is 1.62 bits per heavy atom. The molecule has 16 heavy (non-hydrogen) atoms. The molecule has 0 saturated carbocycles. The van der Waals surface area contributed by atoms with Crippen LogP contribution in [-0.2, 0) is 4.79 Å². The maximum absolute atomic E-state index is 11.5. The number of amides is 1. The van der Waals surface area contributed by atoms with Crippen LogP contribution in [0, 0.1) is 0 Å². The largest absolute Gasteiger partial charge is 0.354 e. The van der Waals surface area contributed by atoms with Crippen LogP contribution >= 0.6 is 0 Å². The van der Waals surface area contributed by atoms with Crippen molar-refractivity contribution in [3.05, 3.63) is 0 Å². The van der Waals surface area contributed by atoms with Gasteiger partial charge in [0, 0.05) is 12.5 Å². The molecular weight excluding hydrogens is 198 g/mol. The smallest absolute Gasteiger partial charge is 0.220 e. The fourth-order valence-electron chi connectivity index (χ4n) is 1.83. The van der Waals surface area contributed by atoms with Gasteiger partial charge in [-0.25, -0.2) is 0 Å². The molecule has 0 rings (SSSR count). The second-order valence-corrected chi connectivity index (χ2v) is 4.78. The van der Waals surface area contributed by atoms with Gasteiger partial charge in [-0.3, -0.25) is 4.79 Å². The SMILES string of the molecule is CCCCCCC(=O)NC(C)CCCCC. The summed E-state index contributed by atoms with van der Waals surface area (Å²) in [6, 6.07) is 0.352. The maximum Gasteiger partial charge on any atom is 0.220 e. The molecule has 1 atom stereocenters. The lowest BCUT2D eigenvalue weighted by Crippen LogP contribution is -2.32. The number of unbranched alkanes of at least 4 members (excludes halogenated alkanes) is 5. The molecule has 0 radical (unpaired) electrons. The molecule has 0 fully saturated rings. The Morgan fingerprint density at radius 1 is 1.00 bits per heavy atom. The van der Waals surface area contributed by atoms with E-state index in [0.29, 0.717) is 12.5 Å². The summed E-state index contributed by atoms with van der Waals surface area (Å²) in [5, 5.41) is 3.08. The molecule has 1 N–H and O–H groups in total. The zero-order chi connectivity index (χ0) is 12.2. The van der Waals surface area contributed by atoms with Gasteiger partial charge in [0.25, 0.3) is 0 Å². The summed E-state index contributed by atoms with van der Waals surface area (Å²) in [7, 11) is 0. The molecule has 1 unspecified atom stereocenters. The fraction of sp³-hybridized carbons (Fsp3) is 0.929. The molecule has 2 nitrogen and oxygen atoms in total. The van der Waals surface area contributed by atoms with Crippen LogP contribution in [-0.4, -0.2) is 11.9 Å². The molecule has 0 aliphatic rings. The van der Waals surface area contributed by atoms with Crippen molar-refractivity contribution in [2.75, 3.05) is 0 Å². The topological polar surface area (TPSA) is 29.1 Å². The summed E-state index contributed by atoms with van der Waals surface area (Å²) in [5.74, 6) is 0.236. The van der Waals surface area contributed by atoms with Crippen molar-refractivity contribution in [3.8, 4) is 0 Å². The molecule has 0 bridgehead atoms. The summed E-state index contributed by atoms with van der Waals surface area (Å²) in [6.07, 6.45) is 10.3. The van der Waals surface area contributed by atoms with Gasteiger partial charge >= 0.3 is 0 Å². The van der Waals surface area contributed by atoms with Crippen molar-refractivity contribution in [2.45, 2.75) is 84.6 Å². The zero-order valence-electron chi connectivity index (χ0n) is 11.3. The Morgan fingerprint density at radius 3 is 2.25 bits per heavy atom. The summed E-state index contributed by atoms with van der Waals surface area (Å²) >= 11 is 0. The van der Waals surface area contributed by atoms with E-state index in [9.17, 15) is 4.79 Å². The lowest BCUT2D eigenvalue weighted by atomic mass is 10.1. The van der Waals surface area contributed by atoms with Gasteiger partial charge in [0.05, 0.1) is 0 Å². The number of carbonyl (C=O) groups is 1. The molecule has 0 aromatic heterocycles. The molecule has 0 aromatic rings. The quantitative estimate of drug-likeness (QED) is 0.561. The number of hydrogen-bond donors (Lipinski definition) is 1. The van der Waals surface area contributed by atoms with Crippen molar-refractivity contribution < 1.29 is 4.79 Å². The fourth-order valence-corrected chi connectivity index (χ4v) is 1.83. The molecule has 0 heterocycles. The first-order valence-electron chi connectivity index (χ1n) is 7.00. The summed E-state index contributed by atoms with van der Waals surface area (Å²) in [5.41, 5.74) is 0. The van der Waals surface area contributed by atoms with Gasteiger partial charge in [0.1, 0.15) is 0 Å². The second kappa shape index (κ2) is 11.0. The lowest BCUT2D eigenvalue weighted by Gasteiger charge is -2.13. The normalized spacial score (nSPS) is 12.4. The highest BCUT2D eigenvalue weighted by atomic mass is 16.1. The van der Waals surface area contributed by atoms with Crippen LogP contribution in [0.15, 0.2) is 0 Å². The first-order valence-corrected chi connectivity index (χ1v) is 7.00. The number of hydrogen-bond acceptors (Lipinski definition) is 1. The Balaban J connectivity index is 3.39.